The Hall–Kier alpha value is -1.50. The van der Waals surface area contributed by atoms with Crippen LogP contribution in [-0.2, 0) is 4.79 Å². The first-order valence-corrected chi connectivity index (χ1v) is 9.81. The monoisotopic (exact) mass is 366 g/mol. The van der Waals surface area contributed by atoms with E-state index in [1.54, 1.807) is 0 Å². The van der Waals surface area contributed by atoms with Crippen molar-refractivity contribution in [3.05, 3.63) is 11.4 Å². The largest absolute Gasteiger partial charge is 0.333 e. The van der Waals surface area contributed by atoms with Crippen LogP contribution in [-0.4, -0.2) is 32.3 Å². The summed E-state index contributed by atoms with van der Waals surface area (Å²) in [7, 11) is 0. The number of nitrogens with one attached hydrogen (secondary N) is 2. The maximum atomic E-state index is 12.3. The molecule has 1 aromatic rings. The molecule has 140 valence electrons. The second kappa shape index (κ2) is 7.81. The van der Waals surface area contributed by atoms with Crippen molar-refractivity contribution in [3.8, 4) is 0 Å². The van der Waals surface area contributed by atoms with E-state index in [4.69, 9.17) is 0 Å². The van der Waals surface area contributed by atoms with E-state index in [-0.39, 0.29) is 11.4 Å². The van der Waals surface area contributed by atoms with E-state index in [1.807, 2.05) is 34.6 Å². The molecule has 1 fully saturated rings. The van der Waals surface area contributed by atoms with E-state index in [0.29, 0.717) is 6.04 Å². The van der Waals surface area contributed by atoms with Crippen LogP contribution in [0.2, 0.25) is 0 Å². The number of aromatic nitrogens is 2. The first-order valence-electron chi connectivity index (χ1n) is 8.93. The van der Waals surface area contributed by atoms with Gasteiger partial charge in [0.1, 0.15) is 0 Å². The smallest absolute Gasteiger partial charge is 0.321 e. The number of carbonyl (C=O) groups is 2. The molecule has 1 aliphatic carbocycles. The number of hydrogen-bond donors (Lipinski definition) is 2. The molecule has 0 spiro atoms. The minimum Gasteiger partial charge on any atom is -0.333 e. The van der Waals surface area contributed by atoms with Gasteiger partial charge in [-0.1, -0.05) is 24.6 Å². The van der Waals surface area contributed by atoms with Crippen LogP contribution < -0.4 is 10.6 Å². The van der Waals surface area contributed by atoms with Gasteiger partial charge in [0.05, 0.1) is 10.9 Å². The minimum atomic E-state index is -0.462. The van der Waals surface area contributed by atoms with Gasteiger partial charge < -0.3 is 9.88 Å². The minimum absolute atomic E-state index is 0.303. The third-order valence-electron chi connectivity index (χ3n) is 4.42. The molecule has 3 amide bonds. The molecule has 0 bridgehead atoms. The highest BCUT2D eigenvalue weighted by Crippen LogP contribution is 2.36. The van der Waals surface area contributed by atoms with Gasteiger partial charge in [0.25, 0.3) is 0 Å². The van der Waals surface area contributed by atoms with Gasteiger partial charge in [0.2, 0.25) is 5.91 Å². The number of imidazole rings is 1. The Kier molecular flexibility index (Phi) is 6.19. The molecule has 1 aliphatic rings. The number of imide groups is 1. The molecule has 7 heteroatoms. The summed E-state index contributed by atoms with van der Waals surface area (Å²) in [5, 5.41) is 5.64. The maximum Gasteiger partial charge on any atom is 0.321 e. The fraction of sp³-hybridized carbons (Fsp3) is 0.722. The second-order valence-electron chi connectivity index (χ2n) is 7.83. The van der Waals surface area contributed by atoms with Gasteiger partial charge in [0.15, 0.2) is 5.16 Å². The van der Waals surface area contributed by atoms with Crippen LogP contribution in [0.3, 0.4) is 0 Å². The number of rotatable bonds is 4. The van der Waals surface area contributed by atoms with E-state index < -0.39 is 11.3 Å². The fourth-order valence-corrected chi connectivity index (χ4v) is 4.14. The molecule has 1 unspecified atom stereocenters. The fourth-order valence-electron chi connectivity index (χ4n) is 3.07. The number of carbonyl (C=O) groups excluding carboxylic acids is 2. The molecule has 25 heavy (non-hydrogen) atoms. The molecule has 1 saturated carbocycles. The lowest BCUT2D eigenvalue weighted by Gasteiger charge is -2.21. The van der Waals surface area contributed by atoms with E-state index in [1.165, 1.54) is 43.1 Å². The Morgan fingerprint density at radius 1 is 1.24 bits per heavy atom. The highest BCUT2D eigenvalue weighted by molar-refractivity contribution is 8.00. The van der Waals surface area contributed by atoms with Gasteiger partial charge in [-0.25, -0.2) is 9.78 Å². The summed E-state index contributed by atoms with van der Waals surface area (Å²) in [4.78, 5) is 28.9. The summed E-state index contributed by atoms with van der Waals surface area (Å²) in [5.41, 5.74) is 1.80. The number of hydrogen-bond acceptors (Lipinski definition) is 4. The summed E-state index contributed by atoms with van der Waals surface area (Å²) >= 11 is 1.42. The first kappa shape index (κ1) is 19.8. The van der Waals surface area contributed by atoms with E-state index in [9.17, 15) is 9.59 Å². The van der Waals surface area contributed by atoms with Crippen LogP contribution in [0.25, 0.3) is 0 Å². The zero-order valence-corrected chi connectivity index (χ0v) is 16.9. The molecular formula is C18H30N4O2S. The van der Waals surface area contributed by atoms with Crippen LogP contribution in [0.4, 0.5) is 4.79 Å². The number of urea groups is 1. The van der Waals surface area contributed by atoms with Crippen LogP contribution in [0.5, 0.6) is 0 Å². The summed E-state index contributed by atoms with van der Waals surface area (Å²) in [6.07, 6.45) is 4.82. The molecule has 0 radical (unpaired) electrons. The van der Waals surface area contributed by atoms with Crippen molar-refractivity contribution in [3.63, 3.8) is 0 Å². The van der Waals surface area contributed by atoms with Gasteiger partial charge >= 0.3 is 6.03 Å². The van der Waals surface area contributed by atoms with E-state index >= 15 is 0 Å². The lowest BCUT2D eigenvalue weighted by atomic mass is 10.1. The van der Waals surface area contributed by atoms with Crippen molar-refractivity contribution in [2.24, 2.45) is 0 Å². The predicted molar refractivity (Wildman–Crippen MR) is 101 cm³/mol. The number of aryl methyl sites for hydroxylation is 1. The summed E-state index contributed by atoms with van der Waals surface area (Å²) in [6.45, 7) is 11.5. The summed E-state index contributed by atoms with van der Waals surface area (Å²) in [6, 6.07) is 0.0135. The molecular weight excluding hydrogens is 336 g/mol. The molecule has 1 aromatic heterocycles. The molecule has 1 atom stereocenters. The number of thioether (sulfide) groups is 1. The normalized spacial score (nSPS) is 16.7. The Morgan fingerprint density at radius 3 is 2.40 bits per heavy atom. The van der Waals surface area contributed by atoms with Crippen molar-refractivity contribution in [1.82, 2.24) is 20.2 Å². The van der Waals surface area contributed by atoms with Crippen molar-refractivity contribution >= 4 is 23.7 Å². The summed E-state index contributed by atoms with van der Waals surface area (Å²) < 4.78 is 2.28. The Labute approximate surface area is 154 Å². The van der Waals surface area contributed by atoms with Gasteiger partial charge in [-0.3, -0.25) is 10.1 Å². The quantitative estimate of drug-likeness (QED) is 0.796. The third-order valence-corrected chi connectivity index (χ3v) is 5.49. The van der Waals surface area contributed by atoms with Crippen LogP contribution in [0.15, 0.2) is 5.16 Å². The molecule has 6 nitrogen and oxygen atoms in total. The second-order valence-corrected chi connectivity index (χ2v) is 9.13. The van der Waals surface area contributed by atoms with E-state index in [2.05, 4.69) is 27.1 Å². The zero-order valence-electron chi connectivity index (χ0n) is 16.1. The van der Waals surface area contributed by atoms with Gasteiger partial charge in [-0.15, -0.1) is 0 Å². The van der Waals surface area contributed by atoms with Crippen molar-refractivity contribution < 1.29 is 9.59 Å². The standard InChI is InChI=1S/C18H30N4O2S/c1-11-12(2)22(14-9-7-8-10-14)17(19-11)25-13(3)15(23)20-16(24)21-18(4,5)6/h13-14H,7-10H2,1-6H3,(H2,20,21,23,24). The average molecular weight is 367 g/mol. The topological polar surface area (TPSA) is 76.0 Å². The Morgan fingerprint density at radius 2 is 1.84 bits per heavy atom. The number of amides is 3. The molecule has 1 heterocycles. The first-order chi connectivity index (χ1) is 11.6. The van der Waals surface area contributed by atoms with Gasteiger partial charge in [-0.05, 0) is 54.4 Å². The highest BCUT2D eigenvalue weighted by atomic mass is 32.2. The Balaban J connectivity index is 2.05. The zero-order chi connectivity index (χ0) is 18.8. The molecule has 2 rings (SSSR count). The third kappa shape index (κ3) is 5.23. The average Bonchev–Trinajstić information content (AvgIpc) is 3.06. The molecule has 0 aliphatic heterocycles. The molecule has 0 saturated heterocycles. The SMILES string of the molecule is Cc1nc(SC(C)C(=O)NC(=O)NC(C)(C)C)n(C2CCCC2)c1C. The highest BCUT2D eigenvalue weighted by Gasteiger charge is 2.26. The van der Waals surface area contributed by atoms with Crippen molar-refractivity contribution in [1.29, 1.82) is 0 Å². The van der Waals surface area contributed by atoms with Crippen LogP contribution in [0, 0.1) is 13.8 Å². The van der Waals surface area contributed by atoms with Crippen molar-refractivity contribution in [2.45, 2.75) is 89.2 Å². The number of nitrogens with zero attached hydrogens (tertiary/aromatic N) is 2. The summed E-state index contributed by atoms with van der Waals surface area (Å²) in [5.74, 6) is -0.303. The van der Waals surface area contributed by atoms with Crippen LogP contribution >= 0.6 is 11.8 Å². The van der Waals surface area contributed by atoms with Gasteiger partial charge in [0, 0.05) is 17.3 Å². The maximum absolute atomic E-state index is 12.3. The Bertz CT molecular complexity index is 642. The molecule has 0 aromatic carbocycles. The van der Waals surface area contributed by atoms with Crippen molar-refractivity contribution in [2.75, 3.05) is 0 Å². The van der Waals surface area contributed by atoms with E-state index in [0.717, 1.165) is 10.9 Å². The molecule has 2 N–H and O–H groups in total. The predicted octanol–water partition coefficient (Wildman–Crippen LogP) is 3.72. The lowest BCUT2D eigenvalue weighted by Crippen LogP contribution is -2.49. The lowest BCUT2D eigenvalue weighted by molar-refractivity contribution is -0.119. The van der Waals surface area contributed by atoms with Crippen LogP contribution in [0.1, 0.15) is 70.8 Å². The van der Waals surface area contributed by atoms with Gasteiger partial charge in [-0.2, -0.15) is 0 Å².